The van der Waals surface area contributed by atoms with E-state index in [-0.39, 0.29) is 18.1 Å². The summed E-state index contributed by atoms with van der Waals surface area (Å²) in [5.41, 5.74) is 6.21. The van der Waals surface area contributed by atoms with E-state index in [1.807, 2.05) is 37.3 Å². The van der Waals surface area contributed by atoms with E-state index in [9.17, 15) is 14.7 Å². The molecule has 0 saturated heterocycles. The summed E-state index contributed by atoms with van der Waals surface area (Å²) in [6, 6.07) is 21.5. The molecule has 5 nitrogen and oxygen atoms in total. The first-order valence-electron chi connectivity index (χ1n) is 10.5. The van der Waals surface area contributed by atoms with Crippen molar-refractivity contribution in [3.63, 3.8) is 0 Å². The molecule has 0 aliphatic heterocycles. The van der Waals surface area contributed by atoms with E-state index >= 15 is 0 Å². The van der Waals surface area contributed by atoms with Gasteiger partial charge in [-0.05, 0) is 41.3 Å². The van der Waals surface area contributed by atoms with Crippen LogP contribution in [0.3, 0.4) is 0 Å². The summed E-state index contributed by atoms with van der Waals surface area (Å²) in [4.78, 5) is 23.5. The van der Waals surface area contributed by atoms with Crippen molar-refractivity contribution in [3.05, 3.63) is 94.5 Å². The summed E-state index contributed by atoms with van der Waals surface area (Å²) in [5, 5.41) is 12.0. The number of rotatable bonds is 5. The van der Waals surface area contributed by atoms with Crippen LogP contribution in [0.2, 0.25) is 0 Å². The second-order valence-electron chi connectivity index (χ2n) is 7.66. The quantitative estimate of drug-likeness (QED) is 0.447. The first-order chi connectivity index (χ1) is 15.5. The summed E-state index contributed by atoms with van der Waals surface area (Å²) in [6.45, 7) is 2.41. The number of benzene rings is 3. The van der Waals surface area contributed by atoms with Crippen LogP contribution < -0.4 is 5.32 Å². The molecule has 0 spiro atoms. The summed E-state index contributed by atoms with van der Waals surface area (Å²) < 4.78 is 5.49. The average Bonchev–Trinajstić information content (AvgIpc) is 3.12. The van der Waals surface area contributed by atoms with Crippen LogP contribution in [0.4, 0.5) is 4.79 Å². The summed E-state index contributed by atoms with van der Waals surface area (Å²) in [5.74, 6) is 4.80. The summed E-state index contributed by atoms with van der Waals surface area (Å²) in [7, 11) is 0. The van der Waals surface area contributed by atoms with Crippen molar-refractivity contribution in [3.8, 4) is 23.0 Å². The molecule has 1 aliphatic carbocycles. The highest BCUT2D eigenvalue weighted by molar-refractivity contribution is 5.91. The van der Waals surface area contributed by atoms with Crippen molar-refractivity contribution in [2.75, 3.05) is 13.2 Å². The fraction of sp³-hybridized carbons (Fsp3) is 0.185. The second-order valence-corrected chi connectivity index (χ2v) is 7.66. The molecule has 1 amide bonds. The molecule has 0 saturated carbocycles. The van der Waals surface area contributed by atoms with Crippen LogP contribution in [0, 0.1) is 18.8 Å². The third-order valence-electron chi connectivity index (χ3n) is 5.49. The van der Waals surface area contributed by atoms with Crippen molar-refractivity contribution < 1.29 is 19.4 Å². The van der Waals surface area contributed by atoms with Crippen molar-refractivity contribution in [1.29, 1.82) is 0 Å². The molecule has 3 aromatic rings. The Morgan fingerprint density at radius 1 is 1.00 bits per heavy atom. The number of carbonyl (C=O) groups is 2. The van der Waals surface area contributed by atoms with Crippen LogP contribution in [-0.2, 0) is 4.74 Å². The summed E-state index contributed by atoms with van der Waals surface area (Å²) >= 11 is 0. The van der Waals surface area contributed by atoms with Gasteiger partial charge in [-0.1, -0.05) is 72.0 Å². The van der Waals surface area contributed by atoms with Crippen LogP contribution in [0.15, 0.2) is 66.7 Å². The summed E-state index contributed by atoms with van der Waals surface area (Å²) in [6.07, 6.45) is -0.104. The zero-order valence-electron chi connectivity index (χ0n) is 17.7. The van der Waals surface area contributed by atoms with Crippen LogP contribution >= 0.6 is 0 Å². The van der Waals surface area contributed by atoms with Gasteiger partial charge in [0.25, 0.3) is 0 Å². The monoisotopic (exact) mass is 425 g/mol. The lowest BCUT2D eigenvalue weighted by Crippen LogP contribution is -2.26. The normalized spacial score (nSPS) is 11.7. The van der Waals surface area contributed by atoms with Gasteiger partial charge in [0.1, 0.15) is 6.61 Å². The number of carboxylic acid groups (broad SMARTS) is 1. The van der Waals surface area contributed by atoms with E-state index < -0.39 is 12.1 Å². The van der Waals surface area contributed by atoms with Crippen LogP contribution in [0.5, 0.6) is 0 Å². The predicted octanol–water partition coefficient (Wildman–Crippen LogP) is 4.97. The smallest absolute Gasteiger partial charge is 0.407 e. The van der Waals surface area contributed by atoms with E-state index in [4.69, 9.17) is 4.74 Å². The highest BCUT2D eigenvalue weighted by Gasteiger charge is 2.28. The standard InChI is InChI=1S/C27H23NO4/c1-18-13-14-19(24(16-18)26(29)30)8-6-7-15-28-27(31)32-17-25-22-11-4-2-9-20(22)21-10-3-5-12-23(21)25/h2-5,9-14,16,25H,7,15,17H2,1H3,(H,28,31)(H,29,30). The van der Waals surface area contributed by atoms with Gasteiger partial charge in [0.2, 0.25) is 0 Å². The number of nitrogens with one attached hydrogen (secondary N) is 1. The Kier molecular flexibility index (Phi) is 6.23. The Morgan fingerprint density at radius 2 is 1.66 bits per heavy atom. The number of carboxylic acids is 1. The maximum absolute atomic E-state index is 12.2. The van der Waals surface area contributed by atoms with Crippen molar-refractivity contribution in [2.45, 2.75) is 19.3 Å². The Labute approximate surface area is 187 Å². The van der Waals surface area contributed by atoms with Crippen LogP contribution in [0.1, 0.15) is 45.0 Å². The molecule has 0 heterocycles. The topological polar surface area (TPSA) is 75.6 Å². The average molecular weight is 425 g/mol. The molecule has 1 aliphatic rings. The van der Waals surface area contributed by atoms with Gasteiger partial charge in [0, 0.05) is 24.4 Å². The lowest BCUT2D eigenvalue weighted by molar-refractivity contribution is 0.0696. The third kappa shape index (κ3) is 4.50. The molecule has 0 fully saturated rings. The number of aryl methyl sites for hydroxylation is 1. The van der Waals surface area contributed by atoms with Gasteiger partial charge < -0.3 is 15.2 Å². The predicted molar refractivity (Wildman–Crippen MR) is 123 cm³/mol. The number of ether oxygens (including phenoxy) is 1. The van der Waals surface area contributed by atoms with E-state index in [1.165, 1.54) is 22.3 Å². The maximum Gasteiger partial charge on any atom is 0.407 e. The first kappa shape index (κ1) is 21.2. The lowest BCUT2D eigenvalue weighted by atomic mass is 9.98. The molecular weight excluding hydrogens is 402 g/mol. The Hall–Kier alpha value is -4.04. The highest BCUT2D eigenvalue weighted by atomic mass is 16.5. The lowest BCUT2D eigenvalue weighted by Gasteiger charge is -2.14. The molecule has 0 unspecified atom stereocenters. The number of carbonyl (C=O) groups excluding carboxylic acids is 1. The van der Waals surface area contributed by atoms with E-state index in [0.29, 0.717) is 18.5 Å². The third-order valence-corrected chi connectivity index (χ3v) is 5.49. The SMILES string of the molecule is Cc1ccc(C#CCCNC(=O)OCC2c3ccccc3-c3ccccc32)c(C(=O)O)c1. The van der Waals surface area contributed by atoms with Crippen molar-refractivity contribution in [1.82, 2.24) is 5.32 Å². The molecule has 5 heteroatoms. The maximum atomic E-state index is 12.2. The molecular formula is C27H23NO4. The molecule has 0 radical (unpaired) electrons. The largest absolute Gasteiger partial charge is 0.478 e. The van der Waals surface area contributed by atoms with Gasteiger partial charge >= 0.3 is 12.1 Å². The zero-order chi connectivity index (χ0) is 22.5. The number of aromatic carboxylic acids is 1. The Morgan fingerprint density at radius 3 is 2.31 bits per heavy atom. The number of alkyl carbamates (subject to hydrolysis) is 1. The fourth-order valence-electron chi connectivity index (χ4n) is 3.98. The number of amides is 1. The Bertz CT molecular complexity index is 1190. The number of fused-ring (bicyclic) bond motifs is 3. The van der Waals surface area contributed by atoms with Crippen LogP contribution in [0.25, 0.3) is 11.1 Å². The molecule has 3 aromatic carbocycles. The zero-order valence-corrected chi connectivity index (χ0v) is 17.7. The van der Waals surface area contributed by atoms with Crippen molar-refractivity contribution >= 4 is 12.1 Å². The van der Waals surface area contributed by atoms with Gasteiger partial charge in [-0.3, -0.25) is 0 Å². The van der Waals surface area contributed by atoms with E-state index in [1.54, 1.807) is 12.1 Å². The van der Waals surface area contributed by atoms with Gasteiger partial charge in [0.05, 0.1) is 5.56 Å². The van der Waals surface area contributed by atoms with Gasteiger partial charge in [-0.25, -0.2) is 9.59 Å². The molecule has 4 rings (SSSR count). The first-order valence-corrected chi connectivity index (χ1v) is 10.5. The molecule has 160 valence electrons. The van der Waals surface area contributed by atoms with Gasteiger partial charge in [-0.2, -0.15) is 0 Å². The van der Waals surface area contributed by atoms with E-state index in [0.717, 1.165) is 5.56 Å². The minimum Gasteiger partial charge on any atom is -0.478 e. The van der Waals surface area contributed by atoms with Gasteiger partial charge in [0.15, 0.2) is 0 Å². The highest BCUT2D eigenvalue weighted by Crippen LogP contribution is 2.44. The van der Waals surface area contributed by atoms with E-state index in [2.05, 4.69) is 41.4 Å². The molecule has 0 aromatic heterocycles. The minimum atomic E-state index is -1.00. The molecule has 2 N–H and O–H groups in total. The second kappa shape index (κ2) is 9.40. The molecule has 0 bridgehead atoms. The minimum absolute atomic E-state index is 0.0175. The number of hydrogen-bond acceptors (Lipinski definition) is 3. The van der Waals surface area contributed by atoms with Gasteiger partial charge in [-0.15, -0.1) is 0 Å². The number of hydrogen-bond donors (Lipinski definition) is 2. The Balaban J connectivity index is 1.30. The molecule has 0 atom stereocenters. The van der Waals surface area contributed by atoms with Crippen LogP contribution in [-0.4, -0.2) is 30.3 Å². The van der Waals surface area contributed by atoms with Crippen molar-refractivity contribution in [2.24, 2.45) is 0 Å². The molecule has 32 heavy (non-hydrogen) atoms. The fourth-order valence-corrected chi connectivity index (χ4v) is 3.98.